The summed E-state index contributed by atoms with van der Waals surface area (Å²) in [5.41, 5.74) is 1.63. The van der Waals surface area contributed by atoms with Gasteiger partial charge in [-0.05, 0) is 36.4 Å². The van der Waals surface area contributed by atoms with Gasteiger partial charge in [0.2, 0.25) is 0 Å². The van der Waals surface area contributed by atoms with Crippen molar-refractivity contribution in [1.82, 2.24) is 19.9 Å². The SMILES string of the molecule is CCNc1nc(-c2cnccn2)nc(C)c1I. The van der Waals surface area contributed by atoms with Crippen molar-refractivity contribution in [2.24, 2.45) is 0 Å². The highest BCUT2D eigenvalue weighted by molar-refractivity contribution is 14.1. The summed E-state index contributed by atoms with van der Waals surface area (Å²) in [4.78, 5) is 17.1. The molecule has 0 saturated carbocycles. The maximum absolute atomic E-state index is 4.46. The van der Waals surface area contributed by atoms with Gasteiger partial charge in [-0.1, -0.05) is 0 Å². The molecule has 2 heterocycles. The molecule has 17 heavy (non-hydrogen) atoms. The van der Waals surface area contributed by atoms with Crippen LogP contribution in [0.5, 0.6) is 0 Å². The molecule has 2 aromatic rings. The average molecular weight is 341 g/mol. The molecule has 0 fully saturated rings. The van der Waals surface area contributed by atoms with Crippen molar-refractivity contribution >= 4 is 28.4 Å². The standard InChI is InChI=1S/C11H12IN5/c1-3-14-11-9(12)7(2)16-10(17-11)8-6-13-4-5-15-8/h4-6H,3H2,1-2H3,(H,14,16,17). The second kappa shape index (κ2) is 5.35. The van der Waals surface area contributed by atoms with E-state index in [-0.39, 0.29) is 0 Å². The molecule has 0 aliphatic heterocycles. The fourth-order valence-corrected chi connectivity index (χ4v) is 1.80. The van der Waals surface area contributed by atoms with Crippen LogP contribution in [0.1, 0.15) is 12.6 Å². The van der Waals surface area contributed by atoms with Gasteiger partial charge in [0, 0.05) is 18.9 Å². The van der Waals surface area contributed by atoms with Gasteiger partial charge in [-0.3, -0.25) is 4.98 Å². The molecule has 5 nitrogen and oxygen atoms in total. The number of aryl methyl sites for hydroxylation is 1. The third-order valence-corrected chi connectivity index (χ3v) is 3.44. The Morgan fingerprint density at radius 3 is 2.76 bits per heavy atom. The van der Waals surface area contributed by atoms with Crippen LogP contribution in [-0.2, 0) is 0 Å². The molecule has 0 aliphatic carbocycles. The van der Waals surface area contributed by atoms with Gasteiger partial charge in [-0.15, -0.1) is 0 Å². The van der Waals surface area contributed by atoms with Crippen molar-refractivity contribution in [3.05, 3.63) is 27.9 Å². The van der Waals surface area contributed by atoms with Crippen LogP contribution in [0.15, 0.2) is 18.6 Å². The van der Waals surface area contributed by atoms with Crippen LogP contribution >= 0.6 is 22.6 Å². The van der Waals surface area contributed by atoms with E-state index in [0.717, 1.165) is 21.6 Å². The first-order valence-corrected chi connectivity index (χ1v) is 6.34. The zero-order valence-corrected chi connectivity index (χ0v) is 11.8. The highest BCUT2D eigenvalue weighted by Crippen LogP contribution is 2.21. The van der Waals surface area contributed by atoms with Crippen LogP contribution in [0.25, 0.3) is 11.5 Å². The summed E-state index contributed by atoms with van der Waals surface area (Å²) in [6.45, 7) is 4.83. The molecule has 2 aromatic heterocycles. The van der Waals surface area contributed by atoms with Crippen molar-refractivity contribution in [2.75, 3.05) is 11.9 Å². The molecule has 88 valence electrons. The van der Waals surface area contributed by atoms with Crippen LogP contribution in [0.4, 0.5) is 5.82 Å². The van der Waals surface area contributed by atoms with Gasteiger partial charge < -0.3 is 5.32 Å². The first-order chi connectivity index (χ1) is 8.22. The van der Waals surface area contributed by atoms with Crippen molar-refractivity contribution in [1.29, 1.82) is 0 Å². The predicted molar refractivity (Wildman–Crippen MR) is 74.7 cm³/mol. The monoisotopic (exact) mass is 341 g/mol. The summed E-state index contributed by atoms with van der Waals surface area (Å²) in [6, 6.07) is 0. The highest BCUT2D eigenvalue weighted by atomic mass is 127. The van der Waals surface area contributed by atoms with Gasteiger partial charge in [-0.25, -0.2) is 15.0 Å². The van der Waals surface area contributed by atoms with E-state index in [2.05, 4.69) is 47.8 Å². The van der Waals surface area contributed by atoms with E-state index in [0.29, 0.717) is 11.5 Å². The molecule has 0 aliphatic rings. The molecule has 2 rings (SSSR count). The van der Waals surface area contributed by atoms with E-state index in [1.807, 2.05) is 13.8 Å². The summed E-state index contributed by atoms with van der Waals surface area (Å²) in [7, 11) is 0. The van der Waals surface area contributed by atoms with Crippen LogP contribution < -0.4 is 5.32 Å². The smallest absolute Gasteiger partial charge is 0.182 e. The normalized spacial score (nSPS) is 10.3. The number of hydrogen-bond donors (Lipinski definition) is 1. The van der Waals surface area contributed by atoms with Crippen LogP contribution in [0, 0.1) is 10.5 Å². The number of anilines is 1. The van der Waals surface area contributed by atoms with Crippen molar-refractivity contribution in [2.45, 2.75) is 13.8 Å². The van der Waals surface area contributed by atoms with E-state index in [4.69, 9.17) is 0 Å². The molecule has 1 N–H and O–H groups in total. The molecule has 0 aromatic carbocycles. The quantitative estimate of drug-likeness (QED) is 0.868. The first kappa shape index (κ1) is 12.2. The third-order valence-electron chi connectivity index (χ3n) is 2.15. The molecule has 6 heteroatoms. The van der Waals surface area contributed by atoms with Gasteiger partial charge >= 0.3 is 0 Å². The second-order valence-electron chi connectivity index (χ2n) is 3.42. The van der Waals surface area contributed by atoms with Gasteiger partial charge in [0.05, 0.1) is 15.5 Å². The summed E-state index contributed by atoms with van der Waals surface area (Å²) >= 11 is 2.24. The minimum Gasteiger partial charge on any atom is -0.369 e. The topological polar surface area (TPSA) is 63.6 Å². The first-order valence-electron chi connectivity index (χ1n) is 5.26. The Morgan fingerprint density at radius 2 is 2.12 bits per heavy atom. The van der Waals surface area contributed by atoms with E-state index >= 15 is 0 Å². The number of nitrogens with one attached hydrogen (secondary N) is 1. The molecule has 0 spiro atoms. The largest absolute Gasteiger partial charge is 0.369 e. The highest BCUT2D eigenvalue weighted by Gasteiger charge is 2.10. The Kier molecular flexibility index (Phi) is 3.82. The fourth-order valence-electron chi connectivity index (χ4n) is 1.37. The summed E-state index contributed by atoms with van der Waals surface area (Å²) in [6.07, 6.45) is 4.94. The van der Waals surface area contributed by atoms with Crippen molar-refractivity contribution < 1.29 is 0 Å². The molecule has 0 atom stereocenters. The van der Waals surface area contributed by atoms with Crippen LogP contribution in [0.3, 0.4) is 0 Å². The Hall–Kier alpha value is -1.31. The molecule has 0 radical (unpaired) electrons. The Labute approximate surface area is 113 Å². The summed E-state index contributed by atoms with van der Waals surface area (Å²) < 4.78 is 1.04. The molecular formula is C11H12IN5. The van der Waals surface area contributed by atoms with E-state index in [9.17, 15) is 0 Å². The lowest BCUT2D eigenvalue weighted by atomic mass is 10.3. The number of hydrogen-bond acceptors (Lipinski definition) is 5. The molecule has 0 saturated heterocycles. The molecule has 0 unspecified atom stereocenters. The lowest BCUT2D eigenvalue weighted by Gasteiger charge is -2.09. The lowest BCUT2D eigenvalue weighted by molar-refractivity contribution is 1.04. The maximum Gasteiger partial charge on any atom is 0.182 e. The second-order valence-corrected chi connectivity index (χ2v) is 4.49. The zero-order chi connectivity index (χ0) is 12.3. The van der Waals surface area contributed by atoms with Crippen LogP contribution in [-0.4, -0.2) is 26.5 Å². The molecular weight excluding hydrogens is 329 g/mol. The third kappa shape index (κ3) is 2.68. The van der Waals surface area contributed by atoms with Gasteiger partial charge in [-0.2, -0.15) is 0 Å². The number of halogens is 1. The Morgan fingerprint density at radius 1 is 1.29 bits per heavy atom. The Bertz CT molecular complexity index is 515. The fraction of sp³-hybridized carbons (Fsp3) is 0.273. The molecule has 0 amide bonds. The minimum atomic E-state index is 0.604. The number of aromatic nitrogens is 4. The van der Waals surface area contributed by atoms with E-state index in [1.165, 1.54) is 0 Å². The van der Waals surface area contributed by atoms with Gasteiger partial charge in [0.1, 0.15) is 11.5 Å². The van der Waals surface area contributed by atoms with E-state index in [1.54, 1.807) is 18.6 Å². The van der Waals surface area contributed by atoms with Gasteiger partial charge in [0.15, 0.2) is 5.82 Å². The summed E-state index contributed by atoms with van der Waals surface area (Å²) in [5, 5.41) is 3.22. The Balaban J connectivity index is 2.49. The van der Waals surface area contributed by atoms with Gasteiger partial charge in [0.25, 0.3) is 0 Å². The van der Waals surface area contributed by atoms with Crippen molar-refractivity contribution in [3.63, 3.8) is 0 Å². The average Bonchev–Trinajstić information content (AvgIpc) is 2.36. The number of nitrogens with zero attached hydrogens (tertiary/aromatic N) is 4. The summed E-state index contributed by atoms with van der Waals surface area (Å²) in [5.74, 6) is 1.45. The van der Waals surface area contributed by atoms with Crippen molar-refractivity contribution in [3.8, 4) is 11.5 Å². The minimum absolute atomic E-state index is 0.604. The molecule has 0 bridgehead atoms. The number of rotatable bonds is 3. The van der Waals surface area contributed by atoms with Crippen LogP contribution in [0.2, 0.25) is 0 Å². The zero-order valence-electron chi connectivity index (χ0n) is 9.61. The lowest BCUT2D eigenvalue weighted by Crippen LogP contribution is -2.06. The maximum atomic E-state index is 4.46. The van der Waals surface area contributed by atoms with E-state index < -0.39 is 0 Å². The predicted octanol–water partition coefficient (Wildman–Crippen LogP) is 2.28.